The highest BCUT2D eigenvalue weighted by Gasteiger charge is 2.23. The average molecular weight is 208 g/mol. The van der Waals surface area contributed by atoms with E-state index in [1.165, 1.54) is 25.8 Å². The number of hydrogen-bond donors (Lipinski definition) is 1. The molecular formula is C13H24N2. The summed E-state index contributed by atoms with van der Waals surface area (Å²) in [7, 11) is 0. The zero-order valence-corrected chi connectivity index (χ0v) is 10.3. The van der Waals surface area contributed by atoms with Crippen LogP contribution in [0.15, 0.2) is 0 Å². The van der Waals surface area contributed by atoms with E-state index in [-0.39, 0.29) is 0 Å². The monoisotopic (exact) mass is 208 g/mol. The minimum Gasteiger partial charge on any atom is -0.314 e. The summed E-state index contributed by atoms with van der Waals surface area (Å²) in [6.45, 7) is 9.75. The summed E-state index contributed by atoms with van der Waals surface area (Å²) in [5, 5.41) is 3.62. The predicted octanol–water partition coefficient (Wildman–Crippen LogP) is 1.86. The normalized spacial score (nSPS) is 27.1. The Hall–Kier alpha value is -0.520. The second-order valence-corrected chi connectivity index (χ2v) is 4.42. The van der Waals surface area contributed by atoms with Crippen molar-refractivity contribution in [2.75, 3.05) is 19.6 Å². The minimum atomic E-state index is 0.675. The van der Waals surface area contributed by atoms with Gasteiger partial charge in [-0.25, -0.2) is 0 Å². The molecule has 0 aromatic rings. The Kier molecular flexibility index (Phi) is 5.75. The maximum Gasteiger partial charge on any atom is 0.0603 e. The second kappa shape index (κ2) is 6.87. The second-order valence-electron chi connectivity index (χ2n) is 4.42. The molecule has 0 aromatic heterocycles. The van der Waals surface area contributed by atoms with Crippen molar-refractivity contribution in [2.24, 2.45) is 0 Å². The molecule has 0 aliphatic carbocycles. The molecule has 0 radical (unpaired) electrons. The summed E-state index contributed by atoms with van der Waals surface area (Å²) >= 11 is 0. The zero-order valence-electron chi connectivity index (χ0n) is 10.3. The Balaban J connectivity index is 2.29. The summed E-state index contributed by atoms with van der Waals surface area (Å²) in [5.41, 5.74) is 0. The highest BCUT2D eigenvalue weighted by Crippen LogP contribution is 2.16. The van der Waals surface area contributed by atoms with Crippen LogP contribution in [0.5, 0.6) is 0 Å². The van der Waals surface area contributed by atoms with Crippen LogP contribution in [0.4, 0.5) is 0 Å². The first-order valence-corrected chi connectivity index (χ1v) is 6.15. The number of hydrogen-bond acceptors (Lipinski definition) is 2. The van der Waals surface area contributed by atoms with Crippen LogP contribution in [-0.2, 0) is 0 Å². The maximum atomic E-state index is 3.62. The van der Waals surface area contributed by atoms with Crippen LogP contribution in [0, 0.1) is 11.8 Å². The lowest BCUT2D eigenvalue weighted by atomic mass is 9.98. The molecule has 15 heavy (non-hydrogen) atoms. The lowest BCUT2D eigenvalue weighted by Crippen LogP contribution is -2.47. The molecule has 1 heterocycles. The van der Waals surface area contributed by atoms with Crippen molar-refractivity contribution in [2.45, 2.75) is 52.1 Å². The molecule has 1 aliphatic heterocycles. The largest absolute Gasteiger partial charge is 0.314 e. The summed E-state index contributed by atoms with van der Waals surface area (Å²) in [5.74, 6) is 6.14. The highest BCUT2D eigenvalue weighted by atomic mass is 15.2. The number of rotatable bonds is 4. The SMILES string of the molecule is CC#CCN1CCC(NCCC)CC1C. The summed E-state index contributed by atoms with van der Waals surface area (Å²) in [6.07, 6.45) is 3.77. The molecule has 0 bridgehead atoms. The number of nitrogens with one attached hydrogen (secondary N) is 1. The molecule has 86 valence electrons. The quantitative estimate of drug-likeness (QED) is 0.710. The molecule has 2 nitrogen and oxygen atoms in total. The molecule has 1 fully saturated rings. The van der Waals surface area contributed by atoms with Crippen LogP contribution in [0.3, 0.4) is 0 Å². The first-order valence-electron chi connectivity index (χ1n) is 6.15. The van der Waals surface area contributed by atoms with Gasteiger partial charge in [0.05, 0.1) is 6.54 Å². The number of likely N-dealkylation sites (tertiary alicyclic amines) is 1. The van der Waals surface area contributed by atoms with Crippen molar-refractivity contribution in [1.29, 1.82) is 0 Å². The first-order chi connectivity index (χ1) is 7.27. The molecule has 2 atom stereocenters. The zero-order chi connectivity index (χ0) is 11.1. The van der Waals surface area contributed by atoms with Gasteiger partial charge in [-0.1, -0.05) is 12.8 Å². The van der Waals surface area contributed by atoms with E-state index in [2.05, 4.69) is 35.9 Å². The molecule has 1 rings (SSSR count). The van der Waals surface area contributed by atoms with Crippen molar-refractivity contribution in [1.82, 2.24) is 10.2 Å². The van der Waals surface area contributed by atoms with Gasteiger partial charge in [-0.15, -0.1) is 5.92 Å². The van der Waals surface area contributed by atoms with E-state index in [0.717, 1.165) is 19.1 Å². The van der Waals surface area contributed by atoms with Crippen molar-refractivity contribution in [3.63, 3.8) is 0 Å². The molecule has 1 saturated heterocycles. The number of nitrogens with zero attached hydrogens (tertiary/aromatic N) is 1. The van der Waals surface area contributed by atoms with Crippen LogP contribution in [0.25, 0.3) is 0 Å². The van der Waals surface area contributed by atoms with Crippen molar-refractivity contribution < 1.29 is 0 Å². The van der Waals surface area contributed by atoms with Crippen LogP contribution in [0.1, 0.15) is 40.0 Å². The van der Waals surface area contributed by atoms with Gasteiger partial charge in [0.1, 0.15) is 0 Å². The van der Waals surface area contributed by atoms with Crippen molar-refractivity contribution in [3.05, 3.63) is 0 Å². The van der Waals surface area contributed by atoms with Crippen LogP contribution in [-0.4, -0.2) is 36.6 Å². The van der Waals surface area contributed by atoms with Crippen LogP contribution < -0.4 is 5.32 Å². The fourth-order valence-electron chi connectivity index (χ4n) is 2.17. The highest BCUT2D eigenvalue weighted by molar-refractivity contribution is 4.99. The molecule has 1 N–H and O–H groups in total. The van der Waals surface area contributed by atoms with E-state index < -0.39 is 0 Å². The van der Waals surface area contributed by atoms with Crippen molar-refractivity contribution >= 4 is 0 Å². The lowest BCUT2D eigenvalue weighted by Gasteiger charge is -2.37. The molecule has 2 unspecified atom stereocenters. The Morgan fingerprint density at radius 2 is 2.27 bits per heavy atom. The fraction of sp³-hybridized carbons (Fsp3) is 0.846. The van der Waals surface area contributed by atoms with Gasteiger partial charge in [0.15, 0.2) is 0 Å². The summed E-state index contributed by atoms with van der Waals surface area (Å²) in [4.78, 5) is 2.49. The van der Waals surface area contributed by atoms with Crippen LogP contribution in [0.2, 0.25) is 0 Å². The van der Waals surface area contributed by atoms with E-state index in [1.54, 1.807) is 0 Å². The number of piperidine rings is 1. The maximum absolute atomic E-state index is 3.62. The van der Waals surface area contributed by atoms with Gasteiger partial charge in [-0.3, -0.25) is 4.90 Å². The van der Waals surface area contributed by atoms with Gasteiger partial charge >= 0.3 is 0 Å². The van der Waals surface area contributed by atoms with E-state index >= 15 is 0 Å². The lowest BCUT2D eigenvalue weighted by molar-refractivity contribution is 0.153. The molecule has 2 heteroatoms. The molecule has 0 amide bonds. The third-order valence-corrected chi connectivity index (χ3v) is 3.16. The Morgan fingerprint density at radius 3 is 2.87 bits per heavy atom. The van der Waals surface area contributed by atoms with Gasteiger partial charge in [0.25, 0.3) is 0 Å². The van der Waals surface area contributed by atoms with Gasteiger partial charge < -0.3 is 5.32 Å². The molecular weight excluding hydrogens is 184 g/mol. The smallest absolute Gasteiger partial charge is 0.0603 e. The van der Waals surface area contributed by atoms with Gasteiger partial charge in [0.2, 0.25) is 0 Å². The van der Waals surface area contributed by atoms with Gasteiger partial charge in [0, 0.05) is 18.6 Å². The Bertz CT molecular complexity index is 226. The van der Waals surface area contributed by atoms with E-state index in [4.69, 9.17) is 0 Å². The molecule has 1 aliphatic rings. The van der Waals surface area contributed by atoms with E-state index in [1.807, 2.05) is 6.92 Å². The van der Waals surface area contributed by atoms with E-state index in [9.17, 15) is 0 Å². The Labute approximate surface area is 94.4 Å². The summed E-state index contributed by atoms with van der Waals surface area (Å²) < 4.78 is 0. The standard InChI is InChI=1S/C13H24N2/c1-4-6-9-15-10-7-13(11-12(15)3)14-8-5-2/h12-14H,5,7-11H2,1-3H3. The first kappa shape index (κ1) is 12.5. The third kappa shape index (κ3) is 4.24. The molecule has 0 spiro atoms. The average Bonchev–Trinajstić information content (AvgIpc) is 2.25. The molecule has 0 aromatic carbocycles. The topological polar surface area (TPSA) is 15.3 Å². The third-order valence-electron chi connectivity index (χ3n) is 3.16. The van der Waals surface area contributed by atoms with Crippen LogP contribution >= 0.6 is 0 Å². The van der Waals surface area contributed by atoms with Crippen molar-refractivity contribution in [3.8, 4) is 11.8 Å². The fourth-order valence-corrected chi connectivity index (χ4v) is 2.17. The minimum absolute atomic E-state index is 0.675. The van der Waals surface area contributed by atoms with Gasteiger partial charge in [-0.05, 0) is 39.7 Å². The molecule has 0 saturated carbocycles. The van der Waals surface area contributed by atoms with Gasteiger partial charge in [-0.2, -0.15) is 0 Å². The summed E-state index contributed by atoms with van der Waals surface area (Å²) in [6, 6.07) is 1.40. The predicted molar refractivity (Wildman–Crippen MR) is 65.8 cm³/mol. The Morgan fingerprint density at radius 1 is 1.47 bits per heavy atom. The van der Waals surface area contributed by atoms with E-state index in [0.29, 0.717) is 6.04 Å².